The number of halogens is 1. The van der Waals surface area contributed by atoms with E-state index < -0.39 is 21.8 Å². The molecule has 98 valence electrons. The van der Waals surface area contributed by atoms with Crippen LogP contribution >= 0.6 is 15.9 Å². The Morgan fingerprint density at radius 2 is 2.00 bits per heavy atom. The molecule has 6 nitrogen and oxygen atoms in total. The van der Waals surface area contributed by atoms with Gasteiger partial charge in [-0.3, -0.25) is 14.1 Å². The second kappa shape index (κ2) is 5.59. The zero-order chi connectivity index (χ0) is 13.9. The lowest BCUT2D eigenvalue weighted by molar-refractivity contribution is -0.131. The maximum absolute atomic E-state index is 11.1. The molecule has 0 radical (unpaired) electrons. The molecule has 0 aliphatic rings. The number of Topliss-reactive ketones (excluding diaryl/α,β-unsaturated/α-hetero) is 1. The molecular weight excluding hydrogens is 328 g/mol. The van der Waals surface area contributed by atoms with Gasteiger partial charge in [0.1, 0.15) is 5.75 Å². The van der Waals surface area contributed by atoms with Gasteiger partial charge in [-0.2, -0.15) is 8.42 Å². The van der Waals surface area contributed by atoms with Crippen molar-refractivity contribution >= 4 is 37.8 Å². The Balaban J connectivity index is 2.86. The lowest BCUT2D eigenvalue weighted by atomic mass is 10.1. The second-order valence-corrected chi connectivity index (χ2v) is 5.71. The van der Waals surface area contributed by atoms with Crippen molar-refractivity contribution in [3.63, 3.8) is 0 Å². The molecule has 0 heterocycles. The number of hydrogen-bond donors (Lipinski definition) is 1. The molecule has 1 N–H and O–H groups in total. The van der Waals surface area contributed by atoms with Crippen molar-refractivity contribution < 1.29 is 27.3 Å². The van der Waals surface area contributed by atoms with Gasteiger partial charge in [0, 0.05) is 5.56 Å². The number of carbonyl (C=O) groups excluding carboxylic acids is 2. The third kappa shape index (κ3) is 4.55. The van der Waals surface area contributed by atoms with Crippen LogP contribution in [0.4, 0.5) is 0 Å². The van der Waals surface area contributed by atoms with Gasteiger partial charge in [-0.1, -0.05) is 0 Å². The van der Waals surface area contributed by atoms with Gasteiger partial charge in [0.15, 0.2) is 11.5 Å². The fourth-order valence-corrected chi connectivity index (χ4v) is 1.92. The number of ketones is 1. The highest BCUT2D eigenvalue weighted by Gasteiger charge is 2.16. The highest BCUT2D eigenvalue weighted by molar-refractivity contribution is 9.10. The quantitative estimate of drug-likeness (QED) is 0.386. The van der Waals surface area contributed by atoms with Crippen molar-refractivity contribution in [2.24, 2.45) is 0 Å². The van der Waals surface area contributed by atoms with Gasteiger partial charge in [0.25, 0.3) is 10.1 Å². The van der Waals surface area contributed by atoms with Crippen LogP contribution in [0.1, 0.15) is 17.3 Å². The summed E-state index contributed by atoms with van der Waals surface area (Å²) >= 11 is 3.08. The number of carbonyl (C=O) groups is 2. The van der Waals surface area contributed by atoms with Crippen molar-refractivity contribution in [1.82, 2.24) is 0 Å². The zero-order valence-electron chi connectivity index (χ0n) is 9.21. The summed E-state index contributed by atoms with van der Waals surface area (Å²) < 4.78 is 34.4. The summed E-state index contributed by atoms with van der Waals surface area (Å²) in [5, 5.41) is 0. The van der Waals surface area contributed by atoms with E-state index in [2.05, 4.69) is 15.9 Å². The molecule has 1 aromatic carbocycles. The SMILES string of the molecule is CC(=O)c1ccc(OC(=O)CS(=O)(=O)O)c(Br)c1. The number of esters is 1. The van der Waals surface area contributed by atoms with E-state index in [1.165, 1.54) is 25.1 Å². The molecule has 0 saturated heterocycles. The molecule has 0 saturated carbocycles. The summed E-state index contributed by atoms with van der Waals surface area (Å²) in [6.07, 6.45) is 0. The van der Waals surface area contributed by atoms with Crippen molar-refractivity contribution in [3.8, 4) is 5.75 Å². The molecule has 1 rings (SSSR count). The van der Waals surface area contributed by atoms with E-state index in [0.717, 1.165) is 0 Å². The van der Waals surface area contributed by atoms with Crippen molar-refractivity contribution in [2.75, 3.05) is 5.75 Å². The molecule has 0 amide bonds. The topological polar surface area (TPSA) is 97.7 Å². The molecule has 0 aromatic heterocycles. The predicted octanol–water partition coefficient (Wildman–Crippen LogP) is 1.44. The summed E-state index contributed by atoms with van der Waals surface area (Å²) in [5.74, 6) is -2.34. The minimum atomic E-state index is -4.42. The van der Waals surface area contributed by atoms with Crippen LogP contribution < -0.4 is 4.74 Å². The van der Waals surface area contributed by atoms with Gasteiger partial charge in [-0.05, 0) is 41.1 Å². The maximum Gasteiger partial charge on any atom is 0.329 e. The predicted molar refractivity (Wildman–Crippen MR) is 66.2 cm³/mol. The van der Waals surface area contributed by atoms with Crippen molar-refractivity contribution in [1.29, 1.82) is 0 Å². The molecule has 0 bridgehead atoms. The van der Waals surface area contributed by atoms with Gasteiger partial charge < -0.3 is 4.74 Å². The minimum absolute atomic E-state index is 0.0636. The van der Waals surface area contributed by atoms with E-state index in [1.54, 1.807) is 0 Å². The Hall–Kier alpha value is -1.25. The fraction of sp³-hybridized carbons (Fsp3) is 0.200. The Morgan fingerprint density at radius 1 is 1.39 bits per heavy atom. The highest BCUT2D eigenvalue weighted by Crippen LogP contribution is 2.26. The van der Waals surface area contributed by atoms with Crippen LogP contribution in [-0.2, 0) is 14.9 Å². The van der Waals surface area contributed by atoms with Gasteiger partial charge in [-0.15, -0.1) is 0 Å². The Morgan fingerprint density at radius 3 is 2.44 bits per heavy atom. The summed E-state index contributed by atoms with van der Waals surface area (Å²) in [4.78, 5) is 22.2. The molecule has 0 unspecified atom stereocenters. The average Bonchev–Trinajstić information content (AvgIpc) is 2.17. The van der Waals surface area contributed by atoms with E-state index in [4.69, 9.17) is 9.29 Å². The molecular formula is C10H9BrO6S. The molecule has 0 fully saturated rings. The largest absolute Gasteiger partial charge is 0.425 e. The molecule has 0 atom stereocenters. The first kappa shape index (κ1) is 14.8. The molecule has 18 heavy (non-hydrogen) atoms. The normalized spacial score (nSPS) is 11.1. The molecule has 0 aliphatic heterocycles. The Kier molecular flexibility index (Phi) is 4.60. The first-order chi connectivity index (χ1) is 8.19. The average molecular weight is 337 g/mol. The Bertz CT molecular complexity index is 592. The number of rotatable bonds is 4. The lowest BCUT2D eigenvalue weighted by Crippen LogP contribution is -2.20. The number of ether oxygens (including phenoxy) is 1. The van der Waals surface area contributed by atoms with Gasteiger partial charge in [0.05, 0.1) is 4.47 Å². The van der Waals surface area contributed by atoms with Crippen LogP contribution in [-0.4, -0.2) is 30.5 Å². The van der Waals surface area contributed by atoms with Gasteiger partial charge in [-0.25, -0.2) is 0 Å². The van der Waals surface area contributed by atoms with Gasteiger partial charge in [0.2, 0.25) is 0 Å². The van der Waals surface area contributed by atoms with Crippen LogP contribution in [0.3, 0.4) is 0 Å². The smallest absolute Gasteiger partial charge is 0.329 e. The summed E-state index contributed by atoms with van der Waals surface area (Å²) in [6.45, 7) is 1.38. The Labute approximate surface area is 112 Å². The van der Waals surface area contributed by atoms with E-state index in [1.807, 2.05) is 0 Å². The van der Waals surface area contributed by atoms with E-state index >= 15 is 0 Å². The van der Waals surface area contributed by atoms with Crippen LogP contribution in [0, 0.1) is 0 Å². The summed E-state index contributed by atoms with van der Waals surface area (Å²) in [7, 11) is -4.42. The first-order valence-corrected chi connectivity index (χ1v) is 7.05. The second-order valence-electron chi connectivity index (χ2n) is 3.40. The van der Waals surface area contributed by atoms with E-state index in [9.17, 15) is 18.0 Å². The van der Waals surface area contributed by atoms with Crippen LogP contribution in [0.2, 0.25) is 0 Å². The van der Waals surface area contributed by atoms with Crippen LogP contribution in [0.15, 0.2) is 22.7 Å². The third-order valence-electron chi connectivity index (χ3n) is 1.86. The maximum atomic E-state index is 11.1. The van der Waals surface area contributed by atoms with Crippen molar-refractivity contribution in [3.05, 3.63) is 28.2 Å². The lowest BCUT2D eigenvalue weighted by Gasteiger charge is -2.06. The molecule has 1 aromatic rings. The highest BCUT2D eigenvalue weighted by atomic mass is 79.9. The summed E-state index contributed by atoms with van der Waals surface area (Å²) in [6, 6.07) is 4.23. The third-order valence-corrected chi connectivity index (χ3v) is 3.08. The fourth-order valence-electron chi connectivity index (χ4n) is 1.10. The standard InChI is InChI=1S/C10H9BrO6S/c1-6(12)7-2-3-9(8(11)4-7)17-10(13)5-18(14,15)16/h2-4H,5H2,1H3,(H,14,15,16). The monoisotopic (exact) mass is 336 g/mol. The minimum Gasteiger partial charge on any atom is -0.425 e. The molecule has 0 spiro atoms. The van der Waals surface area contributed by atoms with Crippen LogP contribution in [0.25, 0.3) is 0 Å². The molecule has 0 aliphatic carbocycles. The van der Waals surface area contributed by atoms with E-state index in [0.29, 0.717) is 10.0 Å². The van der Waals surface area contributed by atoms with Crippen LogP contribution in [0.5, 0.6) is 5.75 Å². The van der Waals surface area contributed by atoms with Crippen molar-refractivity contribution in [2.45, 2.75) is 6.92 Å². The molecule has 8 heteroatoms. The number of hydrogen-bond acceptors (Lipinski definition) is 5. The summed E-state index contributed by atoms with van der Waals surface area (Å²) in [5.41, 5.74) is 0.413. The first-order valence-electron chi connectivity index (χ1n) is 4.65. The van der Waals surface area contributed by atoms with Gasteiger partial charge >= 0.3 is 5.97 Å². The van der Waals surface area contributed by atoms with E-state index in [-0.39, 0.29) is 11.5 Å². The zero-order valence-corrected chi connectivity index (χ0v) is 11.6. The number of benzene rings is 1.